The Balaban J connectivity index is 2.20. The lowest BCUT2D eigenvalue weighted by Gasteiger charge is -2.28. The molecule has 0 aliphatic carbocycles. The van der Waals surface area contributed by atoms with Gasteiger partial charge in [-0.25, -0.2) is 0 Å². The Hall–Kier alpha value is -1.83. The van der Waals surface area contributed by atoms with E-state index in [1.165, 1.54) is 0 Å². The van der Waals surface area contributed by atoms with Gasteiger partial charge in [0.1, 0.15) is 5.54 Å². The van der Waals surface area contributed by atoms with Crippen molar-refractivity contribution >= 4 is 11.6 Å². The number of halogens is 1. The summed E-state index contributed by atoms with van der Waals surface area (Å²) in [6, 6.07) is 12.3. The Labute approximate surface area is 130 Å². The normalized spacial score (nSPS) is 13.6. The summed E-state index contributed by atoms with van der Waals surface area (Å²) < 4.78 is 1.77. The summed E-state index contributed by atoms with van der Waals surface area (Å²) in [5.41, 5.74) is 0.287. The van der Waals surface area contributed by atoms with E-state index in [4.69, 9.17) is 11.6 Å². The van der Waals surface area contributed by atoms with Crippen LogP contribution >= 0.6 is 11.6 Å². The van der Waals surface area contributed by atoms with Crippen LogP contribution in [0, 0.1) is 11.3 Å². The molecule has 1 heterocycles. The molecule has 5 heteroatoms. The zero-order valence-electron chi connectivity index (χ0n) is 12.1. The number of hydrogen-bond donors (Lipinski definition) is 1. The molecule has 0 spiro atoms. The van der Waals surface area contributed by atoms with E-state index in [0.29, 0.717) is 18.0 Å². The summed E-state index contributed by atoms with van der Waals surface area (Å²) in [6.07, 6.45) is 4.99. The van der Waals surface area contributed by atoms with Gasteiger partial charge in [-0.2, -0.15) is 10.4 Å². The highest BCUT2D eigenvalue weighted by Gasteiger charge is 2.31. The van der Waals surface area contributed by atoms with Gasteiger partial charge in [0.05, 0.1) is 17.3 Å². The van der Waals surface area contributed by atoms with Crippen LogP contribution in [0.4, 0.5) is 0 Å². The molecule has 2 rings (SSSR count). The SMILES string of the molecule is CCCNC(C#N)(CCn1cc(Cl)cn1)c1ccccc1. The first kappa shape index (κ1) is 15.6. The minimum absolute atomic E-state index is 0.610. The number of benzene rings is 1. The predicted molar refractivity (Wildman–Crippen MR) is 83.9 cm³/mol. The predicted octanol–water partition coefficient (Wildman–Crippen LogP) is 3.35. The van der Waals surface area contributed by atoms with Gasteiger partial charge < -0.3 is 0 Å². The molecule has 4 nitrogen and oxygen atoms in total. The molecule has 1 N–H and O–H groups in total. The van der Waals surface area contributed by atoms with Crippen LogP contribution < -0.4 is 5.32 Å². The monoisotopic (exact) mass is 302 g/mol. The average molecular weight is 303 g/mol. The van der Waals surface area contributed by atoms with Crippen LogP contribution in [0.1, 0.15) is 25.3 Å². The van der Waals surface area contributed by atoms with Crippen LogP contribution in [0.25, 0.3) is 0 Å². The molecule has 110 valence electrons. The molecule has 0 fully saturated rings. The number of nitriles is 1. The molecule has 0 saturated carbocycles. The topological polar surface area (TPSA) is 53.6 Å². The van der Waals surface area contributed by atoms with Crippen LogP contribution in [-0.2, 0) is 12.1 Å². The van der Waals surface area contributed by atoms with E-state index >= 15 is 0 Å². The van der Waals surface area contributed by atoms with E-state index in [2.05, 4.69) is 23.4 Å². The lowest BCUT2D eigenvalue weighted by atomic mass is 9.87. The van der Waals surface area contributed by atoms with Gasteiger partial charge in [-0.3, -0.25) is 10.00 Å². The van der Waals surface area contributed by atoms with Gasteiger partial charge in [0.2, 0.25) is 0 Å². The summed E-state index contributed by atoms with van der Waals surface area (Å²) in [7, 11) is 0. The summed E-state index contributed by atoms with van der Waals surface area (Å²) in [6.45, 7) is 3.52. The highest BCUT2D eigenvalue weighted by atomic mass is 35.5. The molecule has 2 aromatic rings. The van der Waals surface area contributed by atoms with Crippen molar-refractivity contribution in [3.63, 3.8) is 0 Å². The second kappa shape index (κ2) is 7.26. The van der Waals surface area contributed by atoms with Crippen LogP contribution in [0.3, 0.4) is 0 Å². The van der Waals surface area contributed by atoms with Gasteiger partial charge in [0.25, 0.3) is 0 Å². The zero-order valence-corrected chi connectivity index (χ0v) is 12.8. The quantitative estimate of drug-likeness (QED) is 0.853. The highest BCUT2D eigenvalue weighted by Crippen LogP contribution is 2.25. The number of aromatic nitrogens is 2. The molecule has 0 saturated heterocycles. The summed E-state index contributed by atoms with van der Waals surface area (Å²) >= 11 is 5.88. The smallest absolute Gasteiger partial charge is 0.134 e. The van der Waals surface area contributed by atoms with E-state index in [9.17, 15) is 5.26 Å². The van der Waals surface area contributed by atoms with Crippen LogP contribution in [0.5, 0.6) is 0 Å². The molecule has 1 atom stereocenters. The molecule has 21 heavy (non-hydrogen) atoms. The van der Waals surface area contributed by atoms with Gasteiger partial charge in [-0.1, -0.05) is 48.9 Å². The molecular weight excluding hydrogens is 284 g/mol. The van der Waals surface area contributed by atoms with Crippen molar-refractivity contribution in [3.8, 4) is 6.07 Å². The van der Waals surface area contributed by atoms with E-state index < -0.39 is 5.54 Å². The fraction of sp³-hybridized carbons (Fsp3) is 0.375. The van der Waals surface area contributed by atoms with Crippen LogP contribution in [-0.4, -0.2) is 16.3 Å². The first-order valence-corrected chi connectivity index (χ1v) is 7.48. The van der Waals surface area contributed by atoms with Gasteiger partial charge >= 0.3 is 0 Å². The zero-order chi connectivity index (χ0) is 15.1. The van der Waals surface area contributed by atoms with Crippen LogP contribution in [0.2, 0.25) is 5.02 Å². The highest BCUT2D eigenvalue weighted by molar-refractivity contribution is 6.30. The van der Waals surface area contributed by atoms with Crippen molar-refractivity contribution in [2.45, 2.75) is 31.8 Å². The first-order valence-electron chi connectivity index (χ1n) is 7.10. The largest absolute Gasteiger partial charge is 0.296 e. The number of nitrogens with zero attached hydrogens (tertiary/aromatic N) is 3. The van der Waals surface area contributed by atoms with Crippen molar-refractivity contribution in [2.75, 3.05) is 6.54 Å². The fourth-order valence-corrected chi connectivity index (χ4v) is 2.46. The maximum atomic E-state index is 9.77. The van der Waals surface area contributed by atoms with E-state index in [0.717, 1.165) is 18.5 Å². The maximum Gasteiger partial charge on any atom is 0.134 e. The number of aryl methyl sites for hydroxylation is 1. The lowest BCUT2D eigenvalue weighted by molar-refractivity contribution is 0.364. The third-order valence-corrected chi connectivity index (χ3v) is 3.65. The van der Waals surface area contributed by atoms with Crippen LogP contribution in [0.15, 0.2) is 42.7 Å². The first-order chi connectivity index (χ1) is 10.2. The summed E-state index contributed by atoms with van der Waals surface area (Å²) in [4.78, 5) is 0. The Bertz CT molecular complexity index is 602. The van der Waals surface area contributed by atoms with E-state index in [1.807, 2.05) is 30.3 Å². The lowest BCUT2D eigenvalue weighted by Crippen LogP contribution is -2.42. The Morgan fingerprint density at radius 2 is 2.14 bits per heavy atom. The number of rotatable bonds is 7. The van der Waals surface area contributed by atoms with Crippen molar-refractivity contribution in [2.24, 2.45) is 0 Å². The molecule has 1 unspecified atom stereocenters. The van der Waals surface area contributed by atoms with E-state index in [1.54, 1.807) is 17.1 Å². The molecule has 0 aliphatic rings. The van der Waals surface area contributed by atoms with Gasteiger partial charge in [0, 0.05) is 19.2 Å². The third-order valence-electron chi connectivity index (χ3n) is 3.45. The maximum absolute atomic E-state index is 9.77. The van der Waals surface area contributed by atoms with E-state index in [-0.39, 0.29) is 0 Å². The molecular formula is C16H19ClN4. The molecule has 0 radical (unpaired) electrons. The van der Waals surface area contributed by atoms with Gasteiger partial charge in [-0.15, -0.1) is 0 Å². The number of hydrogen-bond acceptors (Lipinski definition) is 3. The summed E-state index contributed by atoms with van der Waals surface area (Å²) in [5.74, 6) is 0. The Morgan fingerprint density at radius 1 is 1.38 bits per heavy atom. The second-order valence-electron chi connectivity index (χ2n) is 4.98. The minimum Gasteiger partial charge on any atom is -0.296 e. The Morgan fingerprint density at radius 3 is 2.71 bits per heavy atom. The molecule has 1 aromatic heterocycles. The average Bonchev–Trinajstić information content (AvgIpc) is 2.95. The number of nitrogens with one attached hydrogen (secondary N) is 1. The summed E-state index contributed by atoms with van der Waals surface area (Å²) in [5, 5.41) is 17.9. The second-order valence-corrected chi connectivity index (χ2v) is 5.42. The van der Waals surface area contributed by atoms with Crippen molar-refractivity contribution in [1.29, 1.82) is 5.26 Å². The Kier molecular flexibility index (Phi) is 5.38. The molecule has 1 aromatic carbocycles. The van der Waals surface area contributed by atoms with Crippen molar-refractivity contribution < 1.29 is 0 Å². The minimum atomic E-state index is -0.699. The van der Waals surface area contributed by atoms with Crippen molar-refractivity contribution in [1.82, 2.24) is 15.1 Å². The molecule has 0 bridgehead atoms. The van der Waals surface area contributed by atoms with Crippen molar-refractivity contribution in [3.05, 3.63) is 53.3 Å². The molecule has 0 amide bonds. The van der Waals surface area contributed by atoms with Gasteiger partial charge in [0.15, 0.2) is 0 Å². The molecule has 0 aliphatic heterocycles. The van der Waals surface area contributed by atoms with Gasteiger partial charge in [-0.05, 0) is 18.5 Å². The fourth-order valence-electron chi connectivity index (χ4n) is 2.30. The third kappa shape index (κ3) is 3.84. The standard InChI is InChI=1S/C16H19ClN4/c1-2-9-19-16(13-18,14-6-4-3-5-7-14)8-10-21-12-15(17)11-20-21/h3-7,11-12,19H,2,8-10H2,1H3.